The molecule has 0 aromatic rings. The van der Waals surface area contributed by atoms with E-state index >= 15 is 0 Å². The van der Waals surface area contributed by atoms with Crippen LogP contribution in [0.1, 0.15) is 26.2 Å². The van der Waals surface area contributed by atoms with Crippen LogP contribution in [-0.2, 0) is 4.79 Å². The highest BCUT2D eigenvalue weighted by molar-refractivity contribution is 8.01. The van der Waals surface area contributed by atoms with Crippen molar-refractivity contribution in [1.29, 1.82) is 0 Å². The van der Waals surface area contributed by atoms with Gasteiger partial charge >= 0.3 is 5.97 Å². The lowest BCUT2D eigenvalue weighted by Gasteiger charge is -2.19. The van der Waals surface area contributed by atoms with Crippen LogP contribution < -0.4 is 0 Å². The van der Waals surface area contributed by atoms with Crippen molar-refractivity contribution in [2.45, 2.75) is 30.9 Å². The van der Waals surface area contributed by atoms with Crippen LogP contribution in [0, 0.1) is 0 Å². The van der Waals surface area contributed by atoms with Crippen LogP contribution in [0.15, 0.2) is 0 Å². The average Bonchev–Trinajstić information content (AvgIpc) is 2.35. The topological polar surface area (TPSA) is 37.3 Å². The smallest absolute Gasteiger partial charge is 0.319 e. The molecule has 1 heterocycles. The molecule has 2 nitrogen and oxygen atoms in total. The SMILES string of the molecule is CCC1(C(=O)O)CCCS1. The third-order valence-electron chi connectivity index (χ3n) is 2.06. The molecule has 1 fully saturated rings. The number of carboxylic acid groups (broad SMARTS) is 1. The Labute approximate surface area is 65.0 Å². The van der Waals surface area contributed by atoms with Crippen LogP contribution in [0.5, 0.6) is 0 Å². The number of rotatable bonds is 2. The van der Waals surface area contributed by atoms with Crippen molar-refractivity contribution in [2.24, 2.45) is 0 Å². The first-order valence-corrected chi connectivity index (χ1v) is 4.57. The Kier molecular flexibility index (Phi) is 2.24. The van der Waals surface area contributed by atoms with E-state index in [1.54, 1.807) is 11.8 Å². The molecular formula is C7H12O2S. The van der Waals surface area contributed by atoms with E-state index in [4.69, 9.17) is 5.11 Å². The summed E-state index contributed by atoms with van der Waals surface area (Å²) in [5.41, 5.74) is 0. The lowest BCUT2D eigenvalue weighted by Crippen LogP contribution is -2.31. The molecular weight excluding hydrogens is 148 g/mol. The van der Waals surface area contributed by atoms with Gasteiger partial charge in [0, 0.05) is 0 Å². The Balaban J connectivity index is 2.67. The van der Waals surface area contributed by atoms with Crippen molar-refractivity contribution >= 4 is 17.7 Å². The average molecular weight is 160 g/mol. The summed E-state index contributed by atoms with van der Waals surface area (Å²) >= 11 is 1.60. The van der Waals surface area contributed by atoms with Crippen LogP contribution in [-0.4, -0.2) is 21.6 Å². The van der Waals surface area contributed by atoms with Gasteiger partial charge in [-0.05, 0) is 25.0 Å². The van der Waals surface area contributed by atoms with Crippen molar-refractivity contribution in [3.8, 4) is 0 Å². The molecule has 58 valence electrons. The number of thioether (sulfide) groups is 1. The number of hydrogen-bond donors (Lipinski definition) is 1. The van der Waals surface area contributed by atoms with Gasteiger partial charge in [-0.1, -0.05) is 6.92 Å². The van der Waals surface area contributed by atoms with Gasteiger partial charge in [0.1, 0.15) is 4.75 Å². The van der Waals surface area contributed by atoms with Crippen molar-refractivity contribution in [3.63, 3.8) is 0 Å². The predicted molar refractivity (Wildman–Crippen MR) is 42.3 cm³/mol. The summed E-state index contributed by atoms with van der Waals surface area (Å²) in [7, 11) is 0. The fourth-order valence-electron chi connectivity index (χ4n) is 1.30. The zero-order valence-electron chi connectivity index (χ0n) is 6.09. The van der Waals surface area contributed by atoms with E-state index in [0.717, 1.165) is 25.0 Å². The van der Waals surface area contributed by atoms with Gasteiger partial charge in [0.15, 0.2) is 0 Å². The Morgan fingerprint density at radius 3 is 2.70 bits per heavy atom. The minimum Gasteiger partial charge on any atom is -0.480 e. The lowest BCUT2D eigenvalue weighted by atomic mass is 10.0. The first-order valence-electron chi connectivity index (χ1n) is 3.58. The lowest BCUT2D eigenvalue weighted by molar-refractivity contribution is -0.140. The molecule has 3 heteroatoms. The second-order valence-corrected chi connectivity index (χ2v) is 4.08. The third kappa shape index (κ3) is 1.15. The molecule has 0 amide bonds. The molecule has 0 aromatic heterocycles. The summed E-state index contributed by atoms with van der Waals surface area (Å²) in [5.74, 6) is 0.387. The first kappa shape index (κ1) is 7.92. The first-order chi connectivity index (χ1) is 4.71. The largest absolute Gasteiger partial charge is 0.480 e. The Morgan fingerprint density at radius 1 is 1.80 bits per heavy atom. The molecule has 1 saturated heterocycles. The molecule has 0 bridgehead atoms. The zero-order chi connectivity index (χ0) is 7.61. The Hall–Kier alpha value is -0.180. The highest BCUT2D eigenvalue weighted by Gasteiger charge is 2.40. The monoisotopic (exact) mass is 160 g/mol. The molecule has 1 rings (SSSR count). The number of carbonyl (C=O) groups is 1. The van der Waals surface area contributed by atoms with Gasteiger partial charge in [0.25, 0.3) is 0 Å². The number of hydrogen-bond acceptors (Lipinski definition) is 2. The number of carboxylic acids is 1. The summed E-state index contributed by atoms with van der Waals surface area (Å²) in [6.45, 7) is 1.95. The summed E-state index contributed by atoms with van der Waals surface area (Å²) in [6.07, 6.45) is 2.67. The third-order valence-corrected chi connectivity index (χ3v) is 3.78. The van der Waals surface area contributed by atoms with E-state index in [2.05, 4.69) is 0 Å². The Bertz CT molecular complexity index is 139. The summed E-state index contributed by atoms with van der Waals surface area (Å²) in [4.78, 5) is 10.7. The molecule has 0 aromatic carbocycles. The van der Waals surface area contributed by atoms with Gasteiger partial charge in [0.2, 0.25) is 0 Å². The summed E-state index contributed by atoms with van der Waals surface area (Å²) in [5, 5.41) is 8.84. The van der Waals surface area contributed by atoms with Gasteiger partial charge in [-0.25, -0.2) is 0 Å². The van der Waals surface area contributed by atoms with Crippen LogP contribution >= 0.6 is 11.8 Å². The maximum atomic E-state index is 10.7. The molecule has 1 N–H and O–H groups in total. The molecule has 1 aliphatic heterocycles. The van der Waals surface area contributed by atoms with Crippen molar-refractivity contribution in [2.75, 3.05) is 5.75 Å². The van der Waals surface area contributed by atoms with E-state index in [9.17, 15) is 4.79 Å². The highest BCUT2D eigenvalue weighted by atomic mass is 32.2. The predicted octanol–water partition coefficient (Wildman–Crippen LogP) is 1.75. The molecule has 1 aliphatic rings. The van der Waals surface area contributed by atoms with E-state index in [0.29, 0.717) is 0 Å². The minimum absolute atomic E-state index is 0.431. The molecule has 1 atom stereocenters. The molecule has 0 aliphatic carbocycles. The zero-order valence-corrected chi connectivity index (χ0v) is 6.91. The normalized spacial score (nSPS) is 32.5. The molecule has 10 heavy (non-hydrogen) atoms. The fraction of sp³-hybridized carbons (Fsp3) is 0.857. The quantitative estimate of drug-likeness (QED) is 0.668. The van der Waals surface area contributed by atoms with Gasteiger partial charge in [-0.3, -0.25) is 4.79 Å². The van der Waals surface area contributed by atoms with Gasteiger partial charge < -0.3 is 5.11 Å². The van der Waals surface area contributed by atoms with E-state index in [1.807, 2.05) is 6.92 Å². The van der Waals surface area contributed by atoms with Crippen molar-refractivity contribution in [1.82, 2.24) is 0 Å². The molecule has 1 unspecified atom stereocenters. The van der Waals surface area contributed by atoms with E-state index in [-0.39, 0.29) is 0 Å². The maximum Gasteiger partial charge on any atom is 0.319 e. The second-order valence-electron chi connectivity index (χ2n) is 2.61. The van der Waals surface area contributed by atoms with Gasteiger partial charge in [-0.2, -0.15) is 0 Å². The van der Waals surface area contributed by atoms with E-state index < -0.39 is 10.7 Å². The standard InChI is InChI=1S/C7H12O2S/c1-2-7(6(8)9)4-3-5-10-7/h2-5H2,1H3,(H,8,9). The summed E-state index contributed by atoms with van der Waals surface area (Å²) < 4.78 is -0.431. The van der Waals surface area contributed by atoms with Crippen LogP contribution in [0.25, 0.3) is 0 Å². The van der Waals surface area contributed by atoms with Crippen LogP contribution in [0.3, 0.4) is 0 Å². The maximum absolute atomic E-state index is 10.7. The number of aliphatic carboxylic acids is 1. The van der Waals surface area contributed by atoms with Crippen LogP contribution in [0.4, 0.5) is 0 Å². The van der Waals surface area contributed by atoms with Crippen molar-refractivity contribution < 1.29 is 9.90 Å². The van der Waals surface area contributed by atoms with Gasteiger partial charge in [-0.15, -0.1) is 11.8 Å². The molecule has 0 spiro atoms. The van der Waals surface area contributed by atoms with Crippen LogP contribution in [0.2, 0.25) is 0 Å². The fourth-order valence-corrected chi connectivity index (χ4v) is 2.59. The van der Waals surface area contributed by atoms with E-state index in [1.165, 1.54) is 0 Å². The van der Waals surface area contributed by atoms with Crippen molar-refractivity contribution in [3.05, 3.63) is 0 Å². The molecule has 0 saturated carbocycles. The highest BCUT2D eigenvalue weighted by Crippen LogP contribution is 2.40. The molecule has 0 radical (unpaired) electrons. The Morgan fingerprint density at radius 2 is 2.50 bits per heavy atom. The van der Waals surface area contributed by atoms with Gasteiger partial charge in [0.05, 0.1) is 0 Å². The summed E-state index contributed by atoms with van der Waals surface area (Å²) in [6, 6.07) is 0. The second kappa shape index (κ2) is 2.82. The minimum atomic E-state index is -0.627.